The molecular weight excluding hydrogens is 296 g/mol. The lowest BCUT2D eigenvalue weighted by Gasteiger charge is -2.10. The van der Waals surface area contributed by atoms with Gasteiger partial charge in [-0.05, 0) is 32.4 Å². The standard InChI is InChI=1S/C17H20N2O4/c1-4-11(2)18-14(20)10-22-17(21)15-12(3)23-16(19-15)13-8-6-5-7-9-13/h5-9,11H,4,10H2,1-3H3,(H,18,20)/t11-/m1/s1. The fourth-order valence-corrected chi connectivity index (χ4v) is 1.91. The number of amides is 1. The Labute approximate surface area is 134 Å². The van der Waals surface area contributed by atoms with Crippen LogP contribution in [0.1, 0.15) is 36.5 Å². The van der Waals surface area contributed by atoms with Crippen LogP contribution in [0.3, 0.4) is 0 Å². The van der Waals surface area contributed by atoms with E-state index in [1.807, 2.05) is 44.2 Å². The monoisotopic (exact) mass is 316 g/mol. The smallest absolute Gasteiger partial charge is 0.361 e. The lowest BCUT2D eigenvalue weighted by Crippen LogP contribution is -2.35. The number of hydrogen-bond donors (Lipinski definition) is 1. The Morgan fingerprint density at radius 3 is 2.65 bits per heavy atom. The van der Waals surface area contributed by atoms with Gasteiger partial charge in [-0.2, -0.15) is 0 Å². The molecule has 122 valence electrons. The molecule has 1 heterocycles. The van der Waals surface area contributed by atoms with Crippen LogP contribution in [0.4, 0.5) is 0 Å². The molecule has 0 aliphatic rings. The highest BCUT2D eigenvalue weighted by atomic mass is 16.5. The summed E-state index contributed by atoms with van der Waals surface area (Å²) in [6.45, 7) is 5.14. The van der Waals surface area contributed by atoms with Crippen LogP contribution >= 0.6 is 0 Å². The van der Waals surface area contributed by atoms with E-state index in [9.17, 15) is 9.59 Å². The zero-order valence-electron chi connectivity index (χ0n) is 13.5. The van der Waals surface area contributed by atoms with Crippen molar-refractivity contribution in [3.05, 3.63) is 41.8 Å². The molecule has 2 rings (SSSR count). The summed E-state index contributed by atoms with van der Waals surface area (Å²) in [5.74, 6) is -0.305. The number of hydrogen-bond acceptors (Lipinski definition) is 5. The molecule has 2 aromatic rings. The topological polar surface area (TPSA) is 81.4 Å². The van der Waals surface area contributed by atoms with E-state index in [1.165, 1.54) is 0 Å². The van der Waals surface area contributed by atoms with E-state index in [2.05, 4.69) is 10.3 Å². The zero-order chi connectivity index (χ0) is 16.8. The van der Waals surface area contributed by atoms with Crippen molar-refractivity contribution in [3.8, 4) is 11.5 Å². The predicted octanol–water partition coefficient (Wildman–Crippen LogP) is 2.72. The number of benzene rings is 1. The van der Waals surface area contributed by atoms with E-state index < -0.39 is 5.97 Å². The molecule has 1 amide bonds. The van der Waals surface area contributed by atoms with Gasteiger partial charge in [0.25, 0.3) is 5.91 Å². The molecule has 23 heavy (non-hydrogen) atoms. The lowest BCUT2D eigenvalue weighted by atomic mass is 10.2. The SMILES string of the molecule is CC[C@@H](C)NC(=O)COC(=O)c1nc(-c2ccccc2)oc1C. The first-order valence-corrected chi connectivity index (χ1v) is 7.50. The molecule has 0 fully saturated rings. The minimum Gasteiger partial charge on any atom is -0.451 e. The average Bonchev–Trinajstić information content (AvgIpc) is 2.95. The first kappa shape index (κ1) is 16.7. The molecule has 0 bridgehead atoms. The van der Waals surface area contributed by atoms with Crippen LogP contribution in [0, 0.1) is 6.92 Å². The molecule has 0 aliphatic heterocycles. The van der Waals surface area contributed by atoms with Gasteiger partial charge in [0, 0.05) is 11.6 Å². The molecule has 0 saturated heterocycles. The molecule has 0 aliphatic carbocycles. The van der Waals surface area contributed by atoms with Crippen molar-refractivity contribution in [2.24, 2.45) is 0 Å². The molecule has 1 atom stereocenters. The van der Waals surface area contributed by atoms with Crippen LogP contribution in [0.25, 0.3) is 11.5 Å². The van der Waals surface area contributed by atoms with Crippen molar-refractivity contribution >= 4 is 11.9 Å². The lowest BCUT2D eigenvalue weighted by molar-refractivity contribution is -0.124. The van der Waals surface area contributed by atoms with Crippen molar-refractivity contribution in [1.29, 1.82) is 0 Å². The summed E-state index contributed by atoms with van der Waals surface area (Å²) in [6, 6.07) is 9.29. The highest BCUT2D eigenvalue weighted by Gasteiger charge is 2.20. The van der Waals surface area contributed by atoms with Crippen LogP contribution < -0.4 is 5.32 Å². The minimum absolute atomic E-state index is 0.0414. The summed E-state index contributed by atoms with van der Waals surface area (Å²) >= 11 is 0. The zero-order valence-corrected chi connectivity index (χ0v) is 13.5. The maximum absolute atomic E-state index is 12.0. The van der Waals surface area contributed by atoms with Gasteiger partial charge in [-0.3, -0.25) is 4.79 Å². The average molecular weight is 316 g/mol. The second-order valence-electron chi connectivity index (χ2n) is 5.24. The summed E-state index contributed by atoms with van der Waals surface area (Å²) in [5.41, 5.74) is 0.851. The number of rotatable bonds is 6. The van der Waals surface area contributed by atoms with Gasteiger partial charge >= 0.3 is 5.97 Å². The first-order chi connectivity index (χ1) is 11.0. The minimum atomic E-state index is -0.673. The van der Waals surface area contributed by atoms with Gasteiger partial charge < -0.3 is 14.5 Å². The van der Waals surface area contributed by atoms with Crippen molar-refractivity contribution in [2.45, 2.75) is 33.2 Å². The molecule has 1 aromatic heterocycles. The molecule has 6 nitrogen and oxygen atoms in total. The molecule has 0 unspecified atom stereocenters. The van der Waals surface area contributed by atoms with Crippen molar-refractivity contribution in [3.63, 3.8) is 0 Å². The maximum Gasteiger partial charge on any atom is 0.361 e. The van der Waals surface area contributed by atoms with Crippen molar-refractivity contribution < 1.29 is 18.7 Å². The number of nitrogens with zero attached hydrogens (tertiary/aromatic N) is 1. The number of ether oxygens (including phenoxy) is 1. The fourth-order valence-electron chi connectivity index (χ4n) is 1.91. The number of esters is 1. The summed E-state index contributed by atoms with van der Waals surface area (Å²) in [5, 5.41) is 2.72. The Hall–Kier alpha value is -2.63. The van der Waals surface area contributed by atoms with E-state index in [0.717, 1.165) is 12.0 Å². The third-order valence-corrected chi connectivity index (χ3v) is 3.36. The molecule has 0 saturated carbocycles. The summed E-state index contributed by atoms with van der Waals surface area (Å²) < 4.78 is 10.5. The van der Waals surface area contributed by atoms with E-state index >= 15 is 0 Å². The van der Waals surface area contributed by atoms with Crippen LogP contribution in [0.5, 0.6) is 0 Å². The number of aryl methyl sites for hydroxylation is 1. The fraction of sp³-hybridized carbons (Fsp3) is 0.353. The summed E-state index contributed by atoms with van der Waals surface area (Å²) in [7, 11) is 0. The van der Waals surface area contributed by atoms with Crippen LogP contribution in [0.2, 0.25) is 0 Å². The molecule has 1 aromatic carbocycles. The second-order valence-corrected chi connectivity index (χ2v) is 5.24. The highest BCUT2D eigenvalue weighted by Crippen LogP contribution is 2.21. The molecule has 6 heteroatoms. The van der Waals surface area contributed by atoms with Gasteiger partial charge in [0.2, 0.25) is 5.89 Å². The quantitative estimate of drug-likeness (QED) is 0.829. The number of carbonyl (C=O) groups excluding carboxylic acids is 2. The second kappa shape index (κ2) is 7.58. The van der Waals surface area contributed by atoms with Crippen molar-refractivity contribution in [2.75, 3.05) is 6.61 Å². The van der Waals surface area contributed by atoms with Gasteiger partial charge in [0.1, 0.15) is 5.76 Å². The van der Waals surface area contributed by atoms with Gasteiger partial charge in [0.15, 0.2) is 12.3 Å². The predicted molar refractivity (Wildman–Crippen MR) is 84.9 cm³/mol. The van der Waals surface area contributed by atoms with E-state index in [4.69, 9.17) is 9.15 Å². The molecular formula is C17H20N2O4. The van der Waals surface area contributed by atoms with Crippen LogP contribution in [-0.2, 0) is 9.53 Å². The summed E-state index contributed by atoms with van der Waals surface area (Å²) in [6.07, 6.45) is 0.808. The van der Waals surface area contributed by atoms with E-state index in [1.54, 1.807) is 6.92 Å². The highest BCUT2D eigenvalue weighted by molar-refractivity contribution is 5.90. The van der Waals surface area contributed by atoms with Crippen LogP contribution in [0.15, 0.2) is 34.7 Å². The summed E-state index contributed by atoms with van der Waals surface area (Å²) in [4.78, 5) is 27.8. The van der Waals surface area contributed by atoms with Crippen LogP contribution in [-0.4, -0.2) is 29.5 Å². The third kappa shape index (κ3) is 4.42. The van der Waals surface area contributed by atoms with E-state index in [0.29, 0.717) is 11.7 Å². The van der Waals surface area contributed by atoms with Gasteiger partial charge in [-0.1, -0.05) is 25.1 Å². The molecule has 1 N–H and O–H groups in total. The van der Waals surface area contributed by atoms with E-state index in [-0.39, 0.29) is 24.2 Å². The largest absolute Gasteiger partial charge is 0.451 e. The Bertz CT molecular complexity index is 679. The van der Waals surface area contributed by atoms with Gasteiger partial charge in [-0.25, -0.2) is 9.78 Å². The number of carbonyl (C=O) groups is 2. The number of nitrogens with one attached hydrogen (secondary N) is 1. The van der Waals surface area contributed by atoms with Gasteiger partial charge in [0.05, 0.1) is 0 Å². The number of oxazole rings is 1. The third-order valence-electron chi connectivity index (χ3n) is 3.36. The Balaban J connectivity index is 2.00. The Morgan fingerprint density at radius 1 is 1.30 bits per heavy atom. The molecule has 0 spiro atoms. The Morgan fingerprint density at radius 2 is 2.00 bits per heavy atom. The Kier molecular flexibility index (Phi) is 5.51. The first-order valence-electron chi connectivity index (χ1n) is 7.50. The van der Waals surface area contributed by atoms with Gasteiger partial charge in [-0.15, -0.1) is 0 Å². The maximum atomic E-state index is 12.0. The van der Waals surface area contributed by atoms with Crippen molar-refractivity contribution in [1.82, 2.24) is 10.3 Å². The molecule has 0 radical (unpaired) electrons. The number of aromatic nitrogens is 1. The normalized spacial score (nSPS) is 11.8.